The maximum Gasteiger partial charge on any atom is 0.288 e. The number of amides is 1. The van der Waals surface area contributed by atoms with E-state index in [1.165, 1.54) is 0 Å². The average Bonchev–Trinajstić information content (AvgIpc) is 2.69. The van der Waals surface area contributed by atoms with Crippen LogP contribution in [0.3, 0.4) is 0 Å². The Morgan fingerprint density at radius 1 is 1.57 bits per heavy atom. The van der Waals surface area contributed by atoms with Gasteiger partial charge >= 0.3 is 0 Å². The zero-order chi connectivity index (χ0) is 10.4. The molecule has 0 aliphatic rings. The van der Waals surface area contributed by atoms with Gasteiger partial charge in [0.1, 0.15) is 0 Å². The number of nitrogens with two attached hydrogens (primary N) is 1. The molecule has 1 aromatic rings. The van der Waals surface area contributed by atoms with E-state index >= 15 is 0 Å². The minimum Gasteiger partial charge on any atom is -0.349 e. The molecule has 0 bridgehead atoms. The molecule has 14 heavy (non-hydrogen) atoms. The molecular formula is C8H12N4O2. The molecule has 1 rings (SSSR count). The highest BCUT2D eigenvalue weighted by molar-refractivity contribution is 6.36. The molecule has 6 heteroatoms. The molecule has 0 radical (unpaired) electrons. The molecule has 4 N–H and O–H groups in total. The second kappa shape index (κ2) is 5.13. The summed E-state index contributed by atoms with van der Waals surface area (Å²) in [4.78, 5) is 28.4. The summed E-state index contributed by atoms with van der Waals surface area (Å²) in [6.07, 6.45) is 3.84. The molecule has 0 fully saturated rings. The quantitative estimate of drug-likeness (QED) is 0.504. The zero-order valence-corrected chi connectivity index (χ0v) is 7.62. The van der Waals surface area contributed by atoms with E-state index < -0.39 is 11.7 Å². The van der Waals surface area contributed by atoms with Crippen molar-refractivity contribution in [2.75, 3.05) is 13.1 Å². The number of carbonyl (C=O) groups is 2. The summed E-state index contributed by atoms with van der Waals surface area (Å²) in [5.41, 5.74) is 5.92. The van der Waals surface area contributed by atoms with Crippen molar-refractivity contribution in [1.82, 2.24) is 15.3 Å². The van der Waals surface area contributed by atoms with Crippen molar-refractivity contribution in [3.63, 3.8) is 0 Å². The van der Waals surface area contributed by atoms with Crippen LogP contribution in [0.1, 0.15) is 5.69 Å². The first-order valence-electron chi connectivity index (χ1n) is 4.22. The average molecular weight is 196 g/mol. The molecular weight excluding hydrogens is 184 g/mol. The highest BCUT2D eigenvalue weighted by atomic mass is 16.2. The molecule has 0 aromatic carbocycles. The first-order chi connectivity index (χ1) is 6.74. The van der Waals surface area contributed by atoms with E-state index in [0.717, 1.165) is 5.69 Å². The number of nitrogens with one attached hydrogen (secondary N) is 2. The maximum absolute atomic E-state index is 10.9. The largest absolute Gasteiger partial charge is 0.349 e. The molecule has 76 valence electrons. The number of aromatic nitrogens is 2. The van der Waals surface area contributed by atoms with Crippen LogP contribution in [0.4, 0.5) is 0 Å². The summed E-state index contributed by atoms with van der Waals surface area (Å²) in [7, 11) is 0. The van der Waals surface area contributed by atoms with Gasteiger partial charge in [-0.1, -0.05) is 0 Å². The van der Waals surface area contributed by atoms with Crippen molar-refractivity contribution < 1.29 is 9.59 Å². The van der Waals surface area contributed by atoms with E-state index in [2.05, 4.69) is 15.3 Å². The Kier molecular flexibility index (Phi) is 3.81. The Labute approximate surface area is 80.9 Å². The molecule has 0 atom stereocenters. The second-order valence-electron chi connectivity index (χ2n) is 2.71. The fraction of sp³-hybridized carbons (Fsp3) is 0.375. The van der Waals surface area contributed by atoms with Gasteiger partial charge in [-0.2, -0.15) is 0 Å². The van der Waals surface area contributed by atoms with Crippen LogP contribution in [-0.4, -0.2) is 34.7 Å². The van der Waals surface area contributed by atoms with E-state index in [-0.39, 0.29) is 6.54 Å². The highest BCUT2D eigenvalue weighted by Crippen LogP contribution is 1.90. The van der Waals surface area contributed by atoms with Crippen molar-refractivity contribution >= 4 is 11.7 Å². The van der Waals surface area contributed by atoms with Crippen LogP contribution in [-0.2, 0) is 16.0 Å². The van der Waals surface area contributed by atoms with Crippen molar-refractivity contribution in [2.45, 2.75) is 6.42 Å². The normalized spacial score (nSPS) is 9.79. The third kappa shape index (κ3) is 2.98. The van der Waals surface area contributed by atoms with Crippen LogP contribution in [0, 0.1) is 0 Å². The van der Waals surface area contributed by atoms with E-state index in [0.29, 0.717) is 13.0 Å². The molecule has 0 spiro atoms. The van der Waals surface area contributed by atoms with Crippen LogP contribution in [0.2, 0.25) is 0 Å². The summed E-state index contributed by atoms with van der Waals surface area (Å²) in [5.74, 6) is -1.23. The lowest BCUT2D eigenvalue weighted by molar-refractivity contribution is -0.137. The Morgan fingerprint density at radius 3 is 2.93 bits per heavy atom. The van der Waals surface area contributed by atoms with Gasteiger partial charge in [-0.05, 0) is 0 Å². The van der Waals surface area contributed by atoms with E-state index in [1.807, 2.05) is 0 Å². The maximum atomic E-state index is 10.9. The van der Waals surface area contributed by atoms with Crippen LogP contribution in [0.15, 0.2) is 12.5 Å². The molecule has 0 aliphatic carbocycles. The molecule has 0 saturated heterocycles. The Hall–Kier alpha value is -1.69. The zero-order valence-electron chi connectivity index (χ0n) is 7.62. The molecule has 1 aromatic heterocycles. The smallest absolute Gasteiger partial charge is 0.288 e. The summed E-state index contributed by atoms with van der Waals surface area (Å²) >= 11 is 0. The number of carbonyl (C=O) groups excluding carboxylic acids is 2. The lowest BCUT2D eigenvalue weighted by Crippen LogP contribution is -2.36. The van der Waals surface area contributed by atoms with Gasteiger partial charge in [0.2, 0.25) is 5.78 Å². The fourth-order valence-corrected chi connectivity index (χ4v) is 0.923. The first-order valence-corrected chi connectivity index (χ1v) is 4.22. The molecule has 1 amide bonds. The fourth-order valence-electron chi connectivity index (χ4n) is 0.923. The molecule has 0 saturated carbocycles. The van der Waals surface area contributed by atoms with Gasteiger partial charge in [0.15, 0.2) is 0 Å². The minimum absolute atomic E-state index is 0.254. The SMILES string of the molecule is NCC(=O)C(=O)NCCc1cnc[nH]1. The number of aromatic amines is 1. The van der Waals surface area contributed by atoms with Gasteiger partial charge < -0.3 is 16.0 Å². The van der Waals surface area contributed by atoms with Crippen LogP contribution < -0.4 is 11.1 Å². The summed E-state index contributed by atoms with van der Waals surface area (Å²) < 4.78 is 0. The van der Waals surface area contributed by atoms with Crippen molar-refractivity contribution in [2.24, 2.45) is 5.73 Å². The molecule has 1 heterocycles. The summed E-state index contributed by atoms with van der Waals surface area (Å²) in [6, 6.07) is 0. The Bertz CT molecular complexity index is 307. The summed E-state index contributed by atoms with van der Waals surface area (Å²) in [6.45, 7) is 0.142. The van der Waals surface area contributed by atoms with Crippen molar-refractivity contribution in [3.8, 4) is 0 Å². The standard InChI is InChI=1S/C8H12N4O2/c9-3-7(13)8(14)11-2-1-6-4-10-5-12-6/h4-5H,1-3,9H2,(H,10,12)(H,11,14). The summed E-state index contributed by atoms with van der Waals surface area (Å²) in [5, 5.41) is 2.46. The van der Waals surface area contributed by atoms with Crippen LogP contribution >= 0.6 is 0 Å². The van der Waals surface area contributed by atoms with Gasteiger partial charge in [0, 0.05) is 24.9 Å². The predicted octanol–water partition coefficient (Wildman–Crippen LogP) is -1.40. The van der Waals surface area contributed by atoms with E-state index in [4.69, 9.17) is 5.73 Å². The van der Waals surface area contributed by atoms with E-state index in [1.54, 1.807) is 12.5 Å². The van der Waals surface area contributed by atoms with Crippen LogP contribution in [0.5, 0.6) is 0 Å². The van der Waals surface area contributed by atoms with Crippen molar-refractivity contribution in [3.05, 3.63) is 18.2 Å². The highest BCUT2D eigenvalue weighted by Gasteiger charge is 2.09. The van der Waals surface area contributed by atoms with Gasteiger partial charge in [-0.3, -0.25) is 9.59 Å². The Morgan fingerprint density at radius 2 is 2.36 bits per heavy atom. The number of ketones is 1. The first kappa shape index (κ1) is 10.4. The number of imidazole rings is 1. The van der Waals surface area contributed by atoms with Gasteiger partial charge in [0.25, 0.3) is 5.91 Å². The number of nitrogens with zero attached hydrogens (tertiary/aromatic N) is 1. The molecule has 6 nitrogen and oxygen atoms in total. The lowest BCUT2D eigenvalue weighted by atomic mass is 10.3. The minimum atomic E-state index is -0.632. The lowest BCUT2D eigenvalue weighted by Gasteiger charge is -2.01. The number of H-pyrrole nitrogens is 1. The number of Topliss-reactive ketones (excluding diaryl/α,β-unsaturated/α-hetero) is 1. The number of rotatable bonds is 5. The van der Waals surface area contributed by atoms with E-state index in [9.17, 15) is 9.59 Å². The third-order valence-electron chi connectivity index (χ3n) is 1.67. The molecule has 0 aliphatic heterocycles. The Balaban J connectivity index is 2.22. The topological polar surface area (TPSA) is 101 Å². The third-order valence-corrected chi connectivity index (χ3v) is 1.67. The van der Waals surface area contributed by atoms with Crippen LogP contribution in [0.25, 0.3) is 0 Å². The molecule has 0 unspecified atom stereocenters. The predicted molar refractivity (Wildman–Crippen MR) is 49.4 cm³/mol. The number of hydrogen-bond acceptors (Lipinski definition) is 4. The van der Waals surface area contributed by atoms with Gasteiger partial charge in [0.05, 0.1) is 12.9 Å². The second-order valence-corrected chi connectivity index (χ2v) is 2.71. The van der Waals surface area contributed by atoms with Gasteiger partial charge in [-0.15, -0.1) is 0 Å². The number of hydrogen-bond donors (Lipinski definition) is 3. The monoisotopic (exact) mass is 196 g/mol. The van der Waals surface area contributed by atoms with Crippen molar-refractivity contribution in [1.29, 1.82) is 0 Å². The van der Waals surface area contributed by atoms with Gasteiger partial charge in [-0.25, -0.2) is 4.98 Å².